The Bertz CT molecular complexity index is 439. The first kappa shape index (κ1) is 13.8. The van der Waals surface area contributed by atoms with Crippen LogP contribution in [0.3, 0.4) is 0 Å². The number of rotatable bonds is 4. The van der Waals surface area contributed by atoms with Gasteiger partial charge in [0.1, 0.15) is 5.69 Å². The van der Waals surface area contributed by atoms with E-state index in [0.29, 0.717) is 5.69 Å². The van der Waals surface area contributed by atoms with E-state index in [2.05, 4.69) is 22.5 Å². The molecule has 0 unspecified atom stereocenters. The Morgan fingerprint density at radius 1 is 1.37 bits per heavy atom. The van der Waals surface area contributed by atoms with Crippen LogP contribution in [0.25, 0.3) is 0 Å². The SMILES string of the molecule is CNc1ccnc(C(=O)NCC2(C)CCCCC2)c1. The number of hydrogen-bond donors (Lipinski definition) is 2. The molecular formula is C15H23N3O. The second-order valence-corrected chi connectivity index (χ2v) is 5.73. The summed E-state index contributed by atoms with van der Waals surface area (Å²) in [5.41, 5.74) is 1.64. The Balaban J connectivity index is 1.93. The third-order valence-electron chi connectivity index (χ3n) is 4.02. The van der Waals surface area contributed by atoms with Gasteiger partial charge >= 0.3 is 0 Å². The molecular weight excluding hydrogens is 238 g/mol. The number of anilines is 1. The van der Waals surface area contributed by atoms with Crippen LogP contribution in [0.1, 0.15) is 49.5 Å². The van der Waals surface area contributed by atoms with Crippen LogP contribution in [0.5, 0.6) is 0 Å². The molecule has 0 spiro atoms. The smallest absolute Gasteiger partial charge is 0.269 e. The normalized spacial score (nSPS) is 17.8. The zero-order chi connectivity index (χ0) is 13.7. The van der Waals surface area contributed by atoms with Crippen LogP contribution in [0, 0.1) is 5.41 Å². The third kappa shape index (κ3) is 3.69. The minimum atomic E-state index is -0.0797. The summed E-state index contributed by atoms with van der Waals surface area (Å²) >= 11 is 0. The zero-order valence-corrected chi connectivity index (χ0v) is 11.8. The molecule has 1 fully saturated rings. The molecule has 1 saturated carbocycles. The highest BCUT2D eigenvalue weighted by atomic mass is 16.1. The summed E-state index contributed by atoms with van der Waals surface area (Å²) in [4.78, 5) is 16.2. The summed E-state index contributed by atoms with van der Waals surface area (Å²) in [7, 11) is 1.83. The maximum atomic E-state index is 12.1. The summed E-state index contributed by atoms with van der Waals surface area (Å²) in [5, 5.41) is 6.05. The summed E-state index contributed by atoms with van der Waals surface area (Å²) in [6, 6.07) is 3.62. The van der Waals surface area contributed by atoms with Crippen LogP contribution < -0.4 is 10.6 Å². The Morgan fingerprint density at radius 2 is 2.11 bits per heavy atom. The van der Waals surface area contributed by atoms with Crippen LogP contribution in [-0.4, -0.2) is 24.5 Å². The van der Waals surface area contributed by atoms with Crippen LogP contribution in [0.4, 0.5) is 5.69 Å². The number of carbonyl (C=O) groups is 1. The topological polar surface area (TPSA) is 54.0 Å². The van der Waals surface area contributed by atoms with Gasteiger partial charge < -0.3 is 10.6 Å². The molecule has 1 aliphatic carbocycles. The molecule has 1 aromatic rings. The molecule has 1 heterocycles. The quantitative estimate of drug-likeness (QED) is 0.876. The Hall–Kier alpha value is -1.58. The fourth-order valence-electron chi connectivity index (χ4n) is 2.68. The van der Waals surface area contributed by atoms with Gasteiger partial charge in [0, 0.05) is 25.5 Å². The Labute approximate surface area is 115 Å². The second kappa shape index (κ2) is 6.04. The lowest BCUT2D eigenvalue weighted by Crippen LogP contribution is -2.37. The van der Waals surface area contributed by atoms with E-state index in [0.717, 1.165) is 12.2 Å². The van der Waals surface area contributed by atoms with Crippen molar-refractivity contribution in [3.8, 4) is 0 Å². The number of hydrogen-bond acceptors (Lipinski definition) is 3. The molecule has 0 bridgehead atoms. The molecule has 2 N–H and O–H groups in total. The second-order valence-electron chi connectivity index (χ2n) is 5.73. The van der Waals surface area contributed by atoms with Gasteiger partial charge in [-0.15, -0.1) is 0 Å². The van der Waals surface area contributed by atoms with Crippen LogP contribution in [0.15, 0.2) is 18.3 Å². The molecule has 4 heteroatoms. The Morgan fingerprint density at radius 3 is 2.79 bits per heavy atom. The highest BCUT2D eigenvalue weighted by Gasteiger charge is 2.27. The largest absolute Gasteiger partial charge is 0.388 e. The van der Waals surface area contributed by atoms with Gasteiger partial charge in [0.2, 0.25) is 0 Å². The molecule has 0 atom stereocenters. The molecule has 1 aliphatic rings. The summed E-state index contributed by atoms with van der Waals surface area (Å²) in [6.45, 7) is 3.02. The van der Waals surface area contributed by atoms with Gasteiger partial charge in [-0.3, -0.25) is 9.78 Å². The first-order valence-electron chi connectivity index (χ1n) is 7.05. The zero-order valence-electron chi connectivity index (χ0n) is 11.8. The van der Waals surface area contributed by atoms with Gasteiger partial charge in [-0.05, 0) is 30.4 Å². The van der Waals surface area contributed by atoms with Gasteiger partial charge in [0.25, 0.3) is 5.91 Å². The van der Waals surface area contributed by atoms with Crippen molar-refractivity contribution in [1.29, 1.82) is 0 Å². The van der Waals surface area contributed by atoms with E-state index in [-0.39, 0.29) is 11.3 Å². The predicted octanol–water partition coefficient (Wildman–Crippen LogP) is 2.82. The van der Waals surface area contributed by atoms with Crippen molar-refractivity contribution in [1.82, 2.24) is 10.3 Å². The summed E-state index contributed by atoms with van der Waals surface area (Å²) in [5.74, 6) is -0.0797. The number of amides is 1. The Kier molecular flexibility index (Phi) is 4.40. The average molecular weight is 261 g/mol. The lowest BCUT2D eigenvalue weighted by atomic mass is 9.76. The van der Waals surface area contributed by atoms with E-state index in [1.165, 1.54) is 32.1 Å². The molecule has 0 radical (unpaired) electrons. The lowest BCUT2D eigenvalue weighted by molar-refractivity contribution is 0.0914. The molecule has 0 saturated heterocycles. The predicted molar refractivity (Wildman–Crippen MR) is 77.3 cm³/mol. The van der Waals surface area contributed by atoms with Crippen molar-refractivity contribution in [2.45, 2.75) is 39.0 Å². The van der Waals surface area contributed by atoms with E-state index in [9.17, 15) is 4.79 Å². The monoisotopic (exact) mass is 261 g/mol. The van der Waals surface area contributed by atoms with Crippen molar-refractivity contribution < 1.29 is 4.79 Å². The lowest BCUT2D eigenvalue weighted by Gasteiger charge is -2.33. The minimum Gasteiger partial charge on any atom is -0.388 e. The van der Waals surface area contributed by atoms with E-state index in [1.54, 1.807) is 12.3 Å². The molecule has 1 amide bonds. The molecule has 4 nitrogen and oxygen atoms in total. The summed E-state index contributed by atoms with van der Waals surface area (Å²) < 4.78 is 0. The molecule has 104 valence electrons. The highest BCUT2D eigenvalue weighted by molar-refractivity contribution is 5.93. The van der Waals surface area contributed by atoms with Crippen LogP contribution in [0.2, 0.25) is 0 Å². The molecule has 2 rings (SSSR count). The molecule has 0 aromatic carbocycles. The first-order chi connectivity index (χ1) is 9.13. The van der Waals surface area contributed by atoms with Crippen molar-refractivity contribution in [3.63, 3.8) is 0 Å². The van der Waals surface area contributed by atoms with E-state index < -0.39 is 0 Å². The molecule has 1 aromatic heterocycles. The van der Waals surface area contributed by atoms with Crippen molar-refractivity contribution in [2.75, 3.05) is 18.9 Å². The number of pyridine rings is 1. The fourth-order valence-corrected chi connectivity index (χ4v) is 2.68. The molecule has 19 heavy (non-hydrogen) atoms. The number of aromatic nitrogens is 1. The van der Waals surface area contributed by atoms with Crippen molar-refractivity contribution >= 4 is 11.6 Å². The number of nitrogens with one attached hydrogen (secondary N) is 2. The standard InChI is InChI=1S/C15H23N3O/c1-15(7-4-3-5-8-15)11-18-14(19)13-10-12(16-2)6-9-17-13/h6,9-10H,3-5,7-8,11H2,1-2H3,(H,16,17)(H,18,19). The average Bonchev–Trinajstić information content (AvgIpc) is 2.46. The van der Waals surface area contributed by atoms with Crippen molar-refractivity contribution in [3.05, 3.63) is 24.0 Å². The maximum Gasteiger partial charge on any atom is 0.269 e. The number of nitrogens with zero attached hydrogens (tertiary/aromatic N) is 1. The van der Waals surface area contributed by atoms with Crippen LogP contribution >= 0.6 is 0 Å². The van der Waals surface area contributed by atoms with E-state index in [1.807, 2.05) is 13.1 Å². The van der Waals surface area contributed by atoms with Gasteiger partial charge in [-0.25, -0.2) is 0 Å². The number of carbonyl (C=O) groups excluding carboxylic acids is 1. The minimum absolute atomic E-state index is 0.0797. The van der Waals surface area contributed by atoms with E-state index in [4.69, 9.17) is 0 Å². The highest BCUT2D eigenvalue weighted by Crippen LogP contribution is 2.34. The van der Waals surface area contributed by atoms with E-state index >= 15 is 0 Å². The first-order valence-corrected chi connectivity index (χ1v) is 7.05. The summed E-state index contributed by atoms with van der Waals surface area (Å²) in [6.07, 6.45) is 7.95. The van der Waals surface area contributed by atoms with Crippen LogP contribution in [-0.2, 0) is 0 Å². The van der Waals surface area contributed by atoms with Gasteiger partial charge in [-0.2, -0.15) is 0 Å². The van der Waals surface area contributed by atoms with Gasteiger partial charge in [0.05, 0.1) is 0 Å². The maximum absolute atomic E-state index is 12.1. The van der Waals surface area contributed by atoms with Gasteiger partial charge in [0.15, 0.2) is 0 Å². The molecule has 0 aliphatic heterocycles. The fraction of sp³-hybridized carbons (Fsp3) is 0.600. The van der Waals surface area contributed by atoms with Gasteiger partial charge in [-0.1, -0.05) is 26.2 Å². The third-order valence-corrected chi connectivity index (χ3v) is 4.02. The van der Waals surface area contributed by atoms with Crippen molar-refractivity contribution in [2.24, 2.45) is 5.41 Å².